The molecule has 2 atom stereocenters. The van der Waals surface area contributed by atoms with Crippen LogP contribution in [0.3, 0.4) is 0 Å². The summed E-state index contributed by atoms with van der Waals surface area (Å²) in [7, 11) is 0. The highest BCUT2D eigenvalue weighted by atomic mass is 15.1. The maximum absolute atomic E-state index is 5.90. The van der Waals surface area contributed by atoms with Gasteiger partial charge in [-0.15, -0.1) is 0 Å². The third kappa shape index (κ3) is 1.97. The second-order valence-corrected chi connectivity index (χ2v) is 3.98. The van der Waals surface area contributed by atoms with E-state index in [0.717, 1.165) is 11.3 Å². The topological polar surface area (TPSA) is 56.7 Å². The van der Waals surface area contributed by atoms with Gasteiger partial charge in [-0.1, -0.05) is 6.07 Å². The average molecular weight is 216 g/mol. The Morgan fingerprint density at radius 1 is 1.25 bits per heavy atom. The van der Waals surface area contributed by atoms with Crippen LogP contribution in [-0.2, 0) is 0 Å². The first-order valence-electron chi connectivity index (χ1n) is 5.37. The minimum Gasteiger partial charge on any atom is -0.326 e. The second-order valence-electron chi connectivity index (χ2n) is 3.98. The van der Waals surface area contributed by atoms with Gasteiger partial charge in [0.25, 0.3) is 0 Å². The summed E-state index contributed by atoms with van der Waals surface area (Å²) in [6.07, 6.45) is 7.28. The molecule has 2 N–H and O–H groups in total. The van der Waals surface area contributed by atoms with Gasteiger partial charge in [0.15, 0.2) is 0 Å². The lowest BCUT2D eigenvalue weighted by Gasteiger charge is -2.18. The molecule has 16 heavy (non-hydrogen) atoms. The quantitative estimate of drug-likeness (QED) is 0.852. The normalized spacial score (nSPS) is 14.7. The van der Waals surface area contributed by atoms with E-state index in [4.69, 9.17) is 5.73 Å². The molecule has 1 unspecified atom stereocenters. The third-order valence-electron chi connectivity index (χ3n) is 2.75. The molecule has 4 heteroatoms. The number of hydrogen-bond acceptors (Lipinski definition) is 3. The Hall–Kier alpha value is -1.68. The Morgan fingerprint density at radius 2 is 2.06 bits per heavy atom. The second kappa shape index (κ2) is 4.45. The van der Waals surface area contributed by atoms with E-state index in [0.29, 0.717) is 0 Å². The van der Waals surface area contributed by atoms with Crippen LogP contribution in [0.2, 0.25) is 0 Å². The van der Waals surface area contributed by atoms with E-state index in [1.165, 1.54) is 0 Å². The molecule has 84 valence electrons. The fourth-order valence-corrected chi connectivity index (χ4v) is 1.77. The fraction of sp³-hybridized carbons (Fsp3) is 0.333. The van der Waals surface area contributed by atoms with Gasteiger partial charge in [0, 0.05) is 24.6 Å². The van der Waals surface area contributed by atoms with Gasteiger partial charge < -0.3 is 10.3 Å². The van der Waals surface area contributed by atoms with Gasteiger partial charge in [0.2, 0.25) is 0 Å². The summed E-state index contributed by atoms with van der Waals surface area (Å²) in [5.74, 6) is 0. The molecule has 0 saturated carbocycles. The summed E-state index contributed by atoms with van der Waals surface area (Å²) in [6, 6.07) is 4.19. The van der Waals surface area contributed by atoms with E-state index in [-0.39, 0.29) is 12.1 Å². The smallest absolute Gasteiger partial charge is 0.0954 e. The van der Waals surface area contributed by atoms with Gasteiger partial charge in [0.05, 0.1) is 18.1 Å². The van der Waals surface area contributed by atoms with Gasteiger partial charge >= 0.3 is 0 Å². The van der Waals surface area contributed by atoms with Crippen LogP contribution in [0.1, 0.15) is 37.2 Å². The van der Waals surface area contributed by atoms with E-state index in [1.807, 2.05) is 31.7 Å². The molecule has 2 heterocycles. The maximum atomic E-state index is 5.90. The summed E-state index contributed by atoms with van der Waals surface area (Å²) < 4.78 is 2.08. The van der Waals surface area contributed by atoms with Crippen LogP contribution in [0, 0.1) is 0 Å². The Morgan fingerprint density at radius 3 is 2.69 bits per heavy atom. The van der Waals surface area contributed by atoms with Crippen LogP contribution in [0.25, 0.3) is 0 Å². The number of nitrogens with zero attached hydrogens (tertiary/aromatic N) is 3. The van der Waals surface area contributed by atoms with Crippen molar-refractivity contribution < 1.29 is 0 Å². The van der Waals surface area contributed by atoms with Gasteiger partial charge in [0.1, 0.15) is 0 Å². The van der Waals surface area contributed by atoms with Crippen molar-refractivity contribution in [3.05, 3.63) is 48.3 Å². The molecule has 0 amide bonds. The molecule has 0 aromatic carbocycles. The van der Waals surface area contributed by atoms with Crippen LogP contribution in [0.15, 0.2) is 37.1 Å². The molecule has 0 aliphatic heterocycles. The van der Waals surface area contributed by atoms with Gasteiger partial charge in [-0.3, -0.25) is 4.98 Å². The first-order valence-corrected chi connectivity index (χ1v) is 5.37. The summed E-state index contributed by atoms with van der Waals surface area (Å²) in [5.41, 5.74) is 8.09. The summed E-state index contributed by atoms with van der Waals surface area (Å²) in [5, 5.41) is 0. The number of hydrogen-bond donors (Lipinski definition) is 1. The Bertz CT molecular complexity index is 447. The lowest BCUT2D eigenvalue weighted by atomic mass is 10.1. The lowest BCUT2D eigenvalue weighted by molar-refractivity contribution is 0.580. The third-order valence-corrected chi connectivity index (χ3v) is 2.75. The van der Waals surface area contributed by atoms with E-state index in [2.05, 4.69) is 27.5 Å². The zero-order valence-corrected chi connectivity index (χ0v) is 9.54. The molecular formula is C12H16N4. The largest absolute Gasteiger partial charge is 0.326 e. The van der Waals surface area contributed by atoms with Crippen molar-refractivity contribution in [2.45, 2.75) is 25.9 Å². The predicted octanol–water partition coefficient (Wildman–Crippen LogP) is 1.91. The monoisotopic (exact) mass is 216 g/mol. The molecule has 4 nitrogen and oxygen atoms in total. The van der Waals surface area contributed by atoms with Crippen molar-refractivity contribution >= 4 is 0 Å². The Kier molecular flexibility index (Phi) is 3.01. The summed E-state index contributed by atoms with van der Waals surface area (Å²) in [4.78, 5) is 8.28. The van der Waals surface area contributed by atoms with Crippen molar-refractivity contribution in [3.8, 4) is 0 Å². The van der Waals surface area contributed by atoms with Crippen molar-refractivity contribution in [1.82, 2.24) is 14.5 Å². The predicted molar refractivity (Wildman–Crippen MR) is 62.9 cm³/mol. The number of aromatic nitrogens is 3. The Balaban J connectivity index is 2.34. The zero-order valence-electron chi connectivity index (χ0n) is 9.54. The van der Waals surface area contributed by atoms with Crippen LogP contribution in [0.5, 0.6) is 0 Å². The van der Waals surface area contributed by atoms with Gasteiger partial charge in [-0.25, -0.2) is 4.98 Å². The number of rotatable bonds is 3. The number of pyridine rings is 1. The van der Waals surface area contributed by atoms with Crippen LogP contribution in [-0.4, -0.2) is 14.5 Å². The minimum atomic E-state index is -0.0124. The lowest BCUT2D eigenvalue weighted by Crippen LogP contribution is -2.15. The molecule has 2 aromatic heterocycles. The van der Waals surface area contributed by atoms with Gasteiger partial charge in [-0.2, -0.15) is 0 Å². The molecule has 2 aromatic rings. The van der Waals surface area contributed by atoms with Crippen molar-refractivity contribution in [3.63, 3.8) is 0 Å². The zero-order chi connectivity index (χ0) is 11.5. The molecule has 0 spiro atoms. The molecule has 2 rings (SSSR count). The number of imidazole rings is 1. The maximum Gasteiger partial charge on any atom is 0.0954 e. The summed E-state index contributed by atoms with van der Waals surface area (Å²) >= 11 is 0. The standard InChI is InChI=1S/C12H16N4/c1-9(13)12-7-15-8-16(12)10(2)11-4-3-5-14-6-11/h3-10H,13H2,1-2H3/t9-,10?/m1/s1. The van der Waals surface area contributed by atoms with Crippen molar-refractivity contribution in [2.75, 3.05) is 0 Å². The van der Waals surface area contributed by atoms with Gasteiger partial charge in [-0.05, 0) is 25.5 Å². The average Bonchev–Trinajstić information content (AvgIpc) is 2.78. The van der Waals surface area contributed by atoms with Crippen LogP contribution >= 0.6 is 0 Å². The van der Waals surface area contributed by atoms with E-state index < -0.39 is 0 Å². The molecule has 0 aliphatic rings. The first-order chi connectivity index (χ1) is 7.70. The molecular weight excluding hydrogens is 200 g/mol. The minimum absolute atomic E-state index is 0.0124. The summed E-state index contributed by atoms with van der Waals surface area (Å²) in [6.45, 7) is 4.08. The van der Waals surface area contributed by atoms with E-state index >= 15 is 0 Å². The van der Waals surface area contributed by atoms with Crippen LogP contribution in [0.4, 0.5) is 0 Å². The molecule has 0 radical (unpaired) electrons. The molecule has 0 fully saturated rings. The highest BCUT2D eigenvalue weighted by Crippen LogP contribution is 2.21. The van der Waals surface area contributed by atoms with Crippen LogP contribution < -0.4 is 5.73 Å². The first kappa shape index (κ1) is 10.8. The fourth-order valence-electron chi connectivity index (χ4n) is 1.77. The molecule has 0 saturated heterocycles. The highest BCUT2D eigenvalue weighted by Gasteiger charge is 2.13. The molecule has 0 aliphatic carbocycles. The van der Waals surface area contributed by atoms with E-state index in [9.17, 15) is 0 Å². The SMILES string of the molecule is CC(c1cccnc1)n1cncc1[C@@H](C)N. The Labute approximate surface area is 95.1 Å². The highest BCUT2D eigenvalue weighted by molar-refractivity contribution is 5.17. The van der Waals surface area contributed by atoms with E-state index in [1.54, 1.807) is 6.20 Å². The van der Waals surface area contributed by atoms with Crippen molar-refractivity contribution in [1.29, 1.82) is 0 Å². The van der Waals surface area contributed by atoms with Crippen molar-refractivity contribution in [2.24, 2.45) is 5.73 Å². The number of nitrogens with two attached hydrogens (primary N) is 1. The molecule has 0 bridgehead atoms.